The lowest BCUT2D eigenvalue weighted by molar-refractivity contribution is -0.384. The SMILES string of the molecule is O=C(c1ccc([N+](=O)[O-])cc1)N(Cc1ccc(Cl)cc1Cl)N1C(=O)[C@H]2[C@H]3CC[C@@H](C3)[C@@H]2C1=O. The molecule has 0 radical (unpaired) electrons. The molecule has 0 N–H and O–H groups in total. The minimum atomic E-state index is -0.620. The second-order valence-electron chi connectivity index (χ2n) is 8.78. The largest absolute Gasteiger partial charge is 0.273 e. The molecule has 1 heterocycles. The summed E-state index contributed by atoms with van der Waals surface area (Å²) in [6, 6.07) is 9.82. The van der Waals surface area contributed by atoms with Crippen molar-refractivity contribution in [3.05, 3.63) is 73.8 Å². The molecule has 33 heavy (non-hydrogen) atoms. The standard InChI is InChI=1S/C23H19Cl2N3O5/c24-16-6-3-15(18(25)10-16)11-26(21(29)12-4-7-17(8-5-12)28(32)33)27-22(30)19-13-1-2-14(9-13)20(19)23(27)31/h3-8,10,13-14,19-20H,1-2,9,11H2/t13-,14-,19-,20-/m0/s1. The fourth-order valence-electron chi connectivity index (χ4n) is 5.55. The smallest absolute Gasteiger partial charge is 0.272 e. The highest BCUT2D eigenvalue weighted by atomic mass is 35.5. The highest BCUT2D eigenvalue weighted by Gasteiger charge is 2.62. The van der Waals surface area contributed by atoms with Crippen LogP contribution in [0.15, 0.2) is 42.5 Å². The molecule has 1 aliphatic heterocycles. The number of carbonyl (C=O) groups is 3. The zero-order chi connectivity index (χ0) is 23.4. The van der Waals surface area contributed by atoms with E-state index >= 15 is 0 Å². The Morgan fingerprint density at radius 2 is 1.64 bits per heavy atom. The van der Waals surface area contributed by atoms with Crippen LogP contribution in [0, 0.1) is 33.8 Å². The minimum Gasteiger partial charge on any atom is -0.272 e. The number of hydrogen-bond acceptors (Lipinski definition) is 5. The Labute approximate surface area is 199 Å². The van der Waals surface area contributed by atoms with Gasteiger partial charge in [0, 0.05) is 27.7 Å². The zero-order valence-electron chi connectivity index (χ0n) is 17.3. The molecule has 0 unspecified atom stereocenters. The van der Waals surface area contributed by atoms with Gasteiger partial charge in [-0.25, -0.2) is 5.01 Å². The molecule has 10 heteroatoms. The van der Waals surface area contributed by atoms with E-state index in [-0.39, 0.29) is 41.4 Å². The number of halogens is 2. The average molecular weight is 488 g/mol. The lowest BCUT2D eigenvalue weighted by atomic mass is 9.81. The molecule has 2 aromatic carbocycles. The maximum Gasteiger partial charge on any atom is 0.273 e. The monoisotopic (exact) mass is 487 g/mol. The normalized spacial score (nSPS) is 25.5. The summed E-state index contributed by atoms with van der Waals surface area (Å²) >= 11 is 12.3. The first kappa shape index (κ1) is 21.9. The van der Waals surface area contributed by atoms with Crippen LogP contribution < -0.4 is 0 Å². The van der Waals surface area contributed by atoms with Gasteiger partial charge < -0.3 is 0 Å². The first-order chi connectivity index (χ1) is 15.8. The van der Waals surface area contributed by atoms with Crippen LogP contribution >= 0.6 is 23.2 Å². The molecule has 3 amide bonds. The molecule has 2 aliphatic carbocycles. The van der Waals surface area contributed by atoms with E-state index < -0.39 is 22.7 Å². The number of nitrogens with zero attached hydrogens (tertiary/aromatic N) is 3. The Hall–Kier alpha value is -2.97. The summed E-state index contributed by atoms with van der Waals surface area (Å²) in [6.45, 7) is -0.127. The predicted octanol–water partition coefficient (Wildman–Crippen LogP) is 4.49. The lowest BCUT2D eigenvalue weighted by Gasteiger charge is -2.31. The van der Waals surface area contributed by atoms with E-state index in [9.17, 15) is 24.5 Å². The van der Waals surface area contributed by atoms with Gasteiger partial charge in [0.25, 0.3) is 23.4 Å². The molecule has 0 spiro atoms. The number of nitro benzene ring substituents is 1. The van der Waals surface area contributed by atoms with E-state index in [0.717, 1.165) is 29.3 Å². The van der Waals surface area contributed by atoms with Gasteiger partial charge in [-0.3, -0.25) is 24.5 Å². The fraction of sp³-hybridized carbons (Fsp3) is 0.348. The van der Waals surface area contributed by atoms with Crippen LogP contribution in [0.4, 0.5) is 5.69 Å². The number of rotatable bonds is 5. The van der Waals surface area contributed by atoms with Gasteiger partial charge in [0.1, 0.15) is 0 Å². The Balaban J connectivity index is 1.52. The molecule has 5 rings (SSSR count). The lowest BCUT2D eigenvalue weighted by Crippen LogP contribution is -2.50. The molecule has 3 aliphatic rings. The third-order valence-corrected chi connectivity index (χ3v) is 7.63. The van der Waals surface area contributed by atoms with Gasteiger partial charge in [-0.05, 0) is 60.9 Å². The number of benzene rings is 2. The van der Waals surface area contributed by atoms with Gasteiger partial charge in [0.05, 0.1) is 23.3 Å². The van der Waals surface area contributed by atoms with Crippen molar-refractivity contribution in [2.24, 2.45) is 23.7 Å². The van der Waals surface area contributed by atoms with Crippen LogP contribution in [0.3, 0.4) is 0 Å². The zero-order valence-corrected chi connectivity index (χ0v) is 18.8. The number of imide groups is 1. The summed E-state index contributed by atoms with van der Waals surface area (Å²) in [5.41, 5.74) is 0.460. The number of amides is 3. The fourth-order valence-corrected chi connectivity index (χ4v) is 6.02. The van der Waals surface area contributed by atoms with Crippen LogP contribution in [0.25, 0.3) is 0 Å². The Kier molecular flexibility index (Phi) is 5.37. The van der Waals surface area contributed by atoms with Crippen molar-refractivity contribution in [1.29, 1.82) is 0 Å². The average Bonchev–Trinajstić information content (AvgIpc) is 3.47. The van der Waals surface area contributed by atoms with Crippen LogP contribution in [0.5, 0.6) is 0 Å². The van der Waals surface area contributed by atoms with Crippen molar-refractivity contribution in [3.63, 3.8) is 0 Å². The molecule has 0 aromatic heterocycles. The van der Waals surface area contributed by atoms with Crippen molar-refractivity contribution in [2.45, 2.75) is 25.8 Å². The van der Waals surface area contributed by atoms with Gasteiger partial charge in [-0.15, -0.1) is 0 Å². The van der Waals surface area contributed by atoms with Crippen molar-refractivity contribution in [1.82, 2.24) is 10.0 Å². The van der Waals surface area contributed by atoms with Gasteiger partial charge in [0.15, 0.2) is 0 Å². The molecule has 3 fully saturated rings. The number of hydrazine groups is 1. The highest BCUT2D eigenvalue weighted by Crippen LogP contribution is 2.56. The number of fused-ring (bicyclic) bond motifs is 5. The van der Waals surface area contributed by atoms with Gasteiger partial charge in [0.2, 0.25) is 0 Å². The third-order valence-electron chi connectivity index (χ3n) is 7.04. The van der Waals surface area contributed by atoms with Crippen molar-refractivity contribution >= 4 is 46.6 Å². The summed E-state index contributed by atoms with van der Waals surface area (Å²) in [7, 11) is 0. The number of nitro groups is 1. The Morgan fingerprint density at radius 3 is 2.18 bits per heavy atom. The van der Waals surface area contributed by atoms with Gasteiger partial charge in [-0.1, -0.05) is 29.3 Å². The molecule has 1 saturated heterocycles. The maximum atomic E-state index is 13.5. The Morgan fingerprint density at radius 1 is 1.03 bits per heavy atom. The first-order valence-corrected chi connectivity index (χ1v) is 11.4. The number of non-ortho nitro benzene ring substituents is 1. The highest BCUT2D eigenvalue weighted by molar-refractivity contribution is 6.35. The predicted molar refractivity (Wildman–Crippen MR) is 119 cm³/mol. The molecule has 2 aromatic rings. The topological polar surface area (TPSA) is 101 Å². The molecule has 8 nitrogen and oxygen atoms in total. The summed E-state index contributed by atoms with van der Waals surface area (Å²) in [5.74, 6) is -1.82. The van der Waals surface area contributed by atoms with Gasteiger partial charge >= 0.3 is 0 Å². The number of hydrogen-bond donors (Lipinski definition) is 0. The molecule has 170 valence electrons. The van der Waals surface area contributed by atoms with E-state index in [1.165, 1.54) is 30.3 Å². The first-order valence-electron chi connectivity index (χ1n) is 10.6. The van der Waals surface area contributed by atoms with E-state index in [4.69, 9.17) is 23.2 Å². The Bertz CT molecular complexity index is 1160. The van der Waals surface area contributed by atoms with E-state index in [1.807, 2.05) is 0 Å². The summed E-state index contributed by atoms with van der Waals surface area (Å²) in [6.07, 6.45) is 2.70. The quantitative estimate of drug-likeness (QED) is 0.351. The second kappa shape index (κ2) is 8.11. The molecule has 4 atom stereocenters. The summed E-state index contributed by atoms with van der Waals surface area (Å²) in [5, 5.41) is 13.8. The van der Waals surface area contributed by atoms with Gasteiger partial charge in [-0.2, -0.15) is 5.01 Å². The molecule has 2 saturated carbocycles. The third kappa shape index (κ3) is 3.57. The van der Waals surface area contributed by atoms with Crippen molar-refractivity contribution in [3.8, 4) is 0 Å². The summed E-state index contributed by atoms with van der Waals surface area (Å²) < 4.78 is 0. The van der Waals surface area contributed by atoms with E-state index in [1.54, 1.807) is 12.1 Å². The maximum absolute atomic E-state index is 13.5. The molecular formula is C23H19Cl2N3O5. The number of carbonyl (C=O) groups excluding carboxylic acids is 3. The van der Waals surface area contributed by atoms with Crippen LogP contribution in [0.2, 0.25) is 10.0 Å². The van der Waals surface area contributed by atoms with Crippen LogP contribution in [-0.2, 0) is 16.1 Å². The van der Waals surface area contributed by atoms with E-state index in [2.05, 4.69) is 0 Å². The molecular weight excluding hydrogens is 469 g/mol. The van der Waals surface area contributed by atoms with Crippen molar-refractivity contribution in [2.75, 3.05) is 0 Å². The minimum absolute atomic E-state index is 0.117. The summed E-state index contributed by atoms with van der Waals surface area (Å²) in [4.78, 5) is 50.8. The van der Waals surface area contributed by atoms with E-state index in [0.29, 0.717) is 15.6 Å². The van der Waals surface area contributed by atoms with Crippen LogP contribution in [-0.4, -0.2) is 32.7 Å². The van der Waals surface area contributed by atoms with Crippen molar-refractivity contribution < 1.29 is 19.3 Å². The van der Waals surface area contributed by atoms with Crippen LogP contribution in [0.1, 0.15) is 35.2 Å². The second-order valence-corrected chi connectivity index (χ2v) is 9.62. The molecule has 2 bridgehead atoms.